The Balaban J connectivity index is 1.48. The number of piperidine rings is 1. The number of carbonyl (C=O) groups excluding carboxylic acids is 2. The number of hydrogen-bond acceptors (Lipinski definition) is 7. The first-order chi connectivity index (χ1) is 20.3. The summed E-state index contributed by atoms with van der Waals surface area (Å²) in [6.07, 6.45) is 5.15. The number of amides is 2. The van der Waals surface area contributed by atoms with Gasteiger partial charge in [0.15, 0.2) is 11.4 Å². The van der Waals surface area contributed by atoms with Gasteiger partial charge in [0.05, 0.1) is 6.10 Å². The Morgan fingerprint density at radius 1 is 0.976 bits per heavy atom. The van der Waals surface area contributed by atoms with Crippen molar-refractivity contribution in [3.05, 3.63) is 89.1 Å². The summed E-state index contributed by atoms with van der Waals surface area (Å²) in [7, 11) is 0. The standard InChI is InChI=1S/C32H34FN5O4/c1-2-25(39)19-35-31(41)29-30(40)27-26(17-21(18-34-27)16-20-6-8-22(33)9-7-20)28(37-29)32(42)36-23-10-12-24(13-11-23)38-14-4-3-5-15-38/h6-13,17-18,25,39-40H,2-5,14-16,19H2,1H3,(H,35,41)(H,36,42). The largest absolute Gasteiger partial charge is 0.504 e. The predicted molar refractivity (Wildman–Crippen MR) is 159 cm³/mol. The van der Waals surface area contributed by atoms with Crippen LogP contribution in [0.15, 0.2) is 60.8 Å². The highest BCUT2D eigenvalue weighted by Gasteiger charge is 2.24. The van der Waals surface area contributed by atoms with Crippen molar-refractivity contribution in [3.63, 3.8) is 0 Å². The van der Waals surface area contributed by atoms with E-state index in [0.717, 1.165) is 37.2 Å². The summed E-state index contributed by atoms with van der Waals surface area (Å²) in [5.74, 6) is -2.12. The van der Waals surface area contributed by atoms with Crippen LogP contribution < -0.4 is 15.5 Å². The number of nitrogens with zero attached hydrogens (tertiary/aromatic N) is 3. The molecule has 4 aromatic rings. The first kappa shape index (κ1) is 28.9. The van der Waals surface area contributed by atoms with Crippen LogP contribution in [0.4, 0.5) is 15.8 Å². The van der Waals surface area contributed by atoms with E-state index in [9.17, 15) is 24.2 Å². The van der Waals surface area contributed by atoms with Crippen LogP contribution in [-0.2, 0) is 6.42 Å². The Bertz CT molecular complexity index is 1570. The van der Waals surface area contributed by atoms with Crippen LogP contribution in [0.25, 0.3) is 10.9 Å². The van der Waals surface area contributed by atoms with Crippen molar-refractivity contribution in [1.82, 2.24) is 15.3 Å². The monoisotopic (exact) mass is 571 g/mol. The number of hydrogen-bond donors (Lipinski definition) is 4. The number of pyridine rings is 2. The minimum Gasteiger partial charge on any atom is -0.504 e. The van der Waals surface area contributed by atoms with Crippen molar-refractivity contribution in [1.29, 1.82) is 0 Å². The number of fused-ring (bicyclic) bond motifs is 1. The zero-order chi connectivity index (χ0) is 29.6. The lowest BCUT2D eigenvalue weighted by Gasteiger charge is -2.28. The third kappa shape index (κ3) is 6.66. The molecule has 2 aromatic carbocycles. The maximum absolute atomic E-state index is 13.6. The van der Waals surface area contributed by atoms with E-state index in [1.54, 1.807) is 25.1 Å². The van der Waals surface area contributed by atoms with Gasteiger partial charge >= 0.3 is 0 Å². The zero-order valence-electron chi connectivity index (χ0n) is 23.4. The van der Waals surface area contributed by atoms with E-state index in [4.69, 9.17) is 0 Å². The predicted octanol–water partition coefficient (Wildman–Crippen LogP) is 4.81. The highest BCUT2D eigenvalue weighted by molar-refractivity contribution is 6.14. The fourth-order valence-electron chi connectivity index (χ4n) is 5.02. The molecule has 218 valence electrons. The summed E-state index contributed by atoms with van der Waals surface area (Å²) in [5, 5.41) is 26.5. The average Bonchev–Trinajstić information content (AvgIpc) is 3.01. The number of aromatic nitrogens is 2. The van der Waals surface area contributed by atoms with Gasteiger partial charge < -0.3 is 25.7 Å². The molecule has 9 nitrogen and oxygen atoms in total. The molecule has 3 heterocycles. The van der Waals surface area contributed by atoms with E-state index in [-0.39, 0.29) is 34.7 Å². The van der Waals surface area contributed by atoms with Crippen molar-refractivity contribution >= 4 is 34.1 Å². The molecule has 1 aliphatic heterocycles. The zero-order valence-corrected chi connectivity index (χ0v) is 23.4. The van der Waals surface area contributed by atoms with Crippen LogP contribution in [0.1, 0.15) is 64.7 Å². The lowest BCUT2D eigenvalue weighted by atomic mass is 10.0. The lowest BCUT2D eigenvalue weighted by molar-refractivity contribution is 0.0906. The van der Waals surface area contributed by atoms with Gasteiger partial charge in [-0.05, 0) is 85.7 Å². The molecule has 1 unspecified atom stereocenters. The number of anilines is 2. The first-order valence-electron chi connectivity index (χ1n) is 14.2. The van der Waals surface area contributed by atoms with E-state index < -0.39 is 23.7 Å². The third-order valence-electron chi connectivity index (χ3n) is 7.44. The van der Waals surface area contributed by atoms with Gasteiger partial charge in [-0.15, -0.1) is 0 Å². The van der Waals surface area contributed by atoms with Crippen molar-refractivity contribution in [2.45, 2.75) is 45.1 Å². The number of aliphatic hydroxyl groups is 1. The molecule has 42 heavy (non-hydrogen) atoms. The summed E-state index contributed by atoms with van der Waals surface area (Å²) in [6, 6.07) is 15.3. The van der Waals surface area contributed by atoms with Gasteiger partial charge in [-0.1, -0.05) is 19.1 Å². The second-order valence-corrected chi connectivity index (χ2v) is 10.5. The van der Waals surface area contributed by atoms with E-state index >= 15 is 0 Å². The van der Waals surface area contributed by atoms with E-state index in [1.807, 2.05) is 24.3 Å². The second-order valence-electron chi connectivity index (χ2n) is 10.5. The molecule has 0 spiro atoms. The van der Waals surface area contributed by atoms with Crippen LogP contribution in [-0.4, -0.2) is 57.7 Å². The summed E-state index contributed by atoms with van der Waals surface area (Å²) in [6.45, 7) is 3.74. The van der Waals surface area contributed by atoms with Gasteiger partial charge in [-0.25, -0.2) is 9.37 Å². The summed E-state index contributed by atoms with van der Waals surface area (Å²) >= 11 is 0. The lowest BCUT2D eigenvalue weighted by Crippen LogP contribution is -2.32. The van der Waals surface area contributed by atoms with Gasteiger partial charge in [0.2, 0.25) is 0 Å². The molecule has 1 aliphatic rings. The van der Waals surface area contributed by atoms with Gasteiger partial charge in [0.1, 0.15) is 17.0 Å². The molecule has 0 saturated carbocycles. The van der Waals surface area contributed by atoms with Crippen molar-refractivity contribution in [2.24, 2.45) is 0 Å². The molecule has 1 fully saturated rings. The third-order valence-corrected chi connectivity index (χ3v) is 7.44. The molecule has 5 rings (SSSR count). The van der Waals surface area contributed by atoms with Crippen LogP contribution in [0.2, 0.25) is 0 Å². The number of aromatic hydroxyl groups is 1. The Hall–Kier alpha value is -4.57. The summed E-state index contributed by atoms with van der Waals surface area (Å²) in [5.41, 5.74) is 2.77. The van der Waals surface area contributed by atoms with Crippen LogP contribution in [0, 0.1) is 5.82 Å². The molecule has 0 aliphatic carbocycles. The number of carbonyl (C=O) groups is 2. The highest BCUT2D eigenvalue weighted by Crippen LogP contribution is 2.30. The quantitative estimate of drug-likeness (QED) is 0.227. The Labute approximate surface area is 243 Å². The molecule has 2 aromatic heterocycles. The summed E-state index contributed by atoms with van der Waals surface area (Å²) < 4.78 is 13.4. The molecule has 10 heteroatoms. The van der Waals surface area contributed by atoms with Gasteiger partial charge in [0, 0.05) is 42.6 Å². The highest BCUT2D eigenvalue weighted by atomic mass is 19.1. The number of rotatable bonds is 9. The molecular formula is C32H34FN5O4. The maximum atomic E-state index is 13.6. The van der Waals surface area contributed by atoms with Crippen LogP contribution in [0.3, 0.4) is 0 Å². The molecular weight excluding hydrogens is 537 g/mol. The topological polar surface area (TPSA) is 128 Å². The number of nitrogens with one attached hydrogen (secondary N) is 2. The van der Waals surface area contributed by atoms with Gasteiger partial charge in [-0.2, -0.15) is 0 Å². The van der Waals surface area contributed by atoms with Crippen LogP contribution >= 0.6 is 0 Å². The molecule has 0 radical (unpaired) electrons. The Morgan fingerprint density at radius 2 is 1.69 bits per heavy atom. The smallest absolute Gasteiger partial charge is 0.274 e. The Kier molecular flexibility index (Phi) is 8.92. The van der Waals surface area contributed by atoms with E-state index in [1.165, 1.54) is 24.8 Å². The minimum absolute atomic E-state index is 0.0383. The maximum Gasteiger partial charge on any atom is 0.274 e. The van der Waals surface area contributed by atoms with E-state index in [2.05, 4.69) is 25.5 Å². The van der Waals surface area contributed by atoms with E-state index in [0.29, 0.717) is 24.1 Å². The number of halogens is 1. The molecule has 4 N–H and O–H groups in total. The number of benzene rings is 2. The fourth-order valence-corrected chi connectivity index (χ4v) is 5.02. The second kappa shape index (κ2) is 12.9. The van der Waals surface area contributed by atoms with Crippen molar-refractivity contribution in [2.75, 3.05) is 29.9 Å². The normalized spacial score (nSPS) is 14.0. The van der Waals surface area contributed by atoms with Gasteiger partial charge in [-0.3, -0.25) is 14.6 Å². The molecule has 1 saturated heterocycles. The van der Waals surface area contributed by atoms with Crippen molar-refractivity contribution in [3.8, 4) is 5.75 Å². The molecule has 2 amide bonds. The molecule has 1 atom stereocenters. The average molecular weight is 572 g/mol. The van der Waals surface area contributed by atoms with Gasteiger partial charge in [0.25, 0.3) is 11.8 Å². The minimum atomic E-state index is -0.764. The fraction of sp³-hybridized carbons (Fsp3) is 0.312. The van der Waals surface area contributed by atoms with Crippen LogP contribution in [0.5, 0.6) is 5.75 Å². The Morgan fingerprint density at radius 3 is 2.38 bits per heavy atom. The number of aliphatic hydroxyl groups excluding tert-OH is 1. The summed E-state index contributed by atoms with van der Waals surface area (Å²) in [4.78, 5) is 37.6. The first-order valence-corrected chi connectivity index (χ1v) is 14.2. The molecule has 0 bridgehead atoms. The van der Waals surface area contributed by atoms with Crippen molar-refractivity contribution < 1.29 is 24.2 Å². The SMILES string of the molecule is CCC(O)CNC(=O)c1nc(C(=O)Nc2ccc(N3CCCCC3)cc2)c2cc(Cc3ccc(F)cc3)cnc2c1O.